The number of hydrogen-bond acceptors (Lipinski definition) is 1. The number of rotatable bonds is 17. The van der Waals surface area contributed by atoms with Crippen molar-refractivity contribution in [1.29, 1.82) is 0 Å². The Bertz CT molecular complexity index is 365. The SMILES string of the molecule is C[NH+](C)CCCNC(=O)CCCCCCCCCCCCC1C=CCC1. The maximum absolute atomic E-state index is 11.7. The Hall–Kier alpha value is -0.830. The quantitative estimate of drug-likeness (QED) is 0.293. The molecule has 26 heavy (non-hydrogen) atoms. The highest BCUT2D eigenvalue weighted by atomic mass is 16.1. The van der Waals surface area contributed by atoms with E-state index in [2.05, 4.69) is 31.6 Å². The average Bonchev–Trinajstić information content (AvgIpc) is 3.13. The predicted octanol–water partition coefficient (Wildman–Crippen LogP) is 4.28. The molecule has 1 rings (SSSR count). The fraction of sp³-hybridized carbons (Fsp3) is 0.870. The minimum Gasteiger partial charge on any atom is -0.356 e. The second-order valence-corrected chi connectivity index (χ2v) is 8.50. The van der Waals surface area contributed by atoms with Crippen LogP contribution >= 0.6 is 0 Å². The van der Waals surface area contributed by atoms with Crippen LogP contribution in [-0.4, -0.2) is 33.1 Å². The van der Waals surface area contributed by atoms with E-state index in [0.717, 1.165) is 31.8 Å². The van der Waals surface area contributed by atoms with Gasteiger partial charge < -0.3 is 10.2 Å². The van der Waals surface area contributed by atoms with Crippen LogP contribution in [0.25, 0.3) is 0 Å². The van der Waals surface area contributed by atoms with Gasteiger partial charge in [-0.15, -0.1) is 0 Å². The van der Waals surface area contributed by atoms with Crippen molar-refractivity contribution in [2.75, 3.05) is 27.2 Å². The highest BCUT2D eigenvalue weighted by molar-refractivity contribution is 5.75. The van der Waals surface area contributed by atoms with Crippen molar-refractivity contribution in [3.8, 4) is 0 Å². The average molecular weight is 366 g/mol. The summed E-state index contributed by atoms with van der Waals surface area (Å²) in [4.78, 5) is 13.2. The number of unbranched alkanes of at least 4 members (excludes halogenated alkanes) is 9. The number of carbonyl (C=O) groups is 1. The van der Waals surface area contributed by atoms with E-state index in [9.17, 15) is 4.79 Å². The van der Waals surface area contributed by atoms with Crippen LogP contribution in [0.3, 0.4) is 0 Å². The maximum atomic E-state index is 11.7. The van der Waals surface area contributed by atoms with Gasteiger partial charge in [0.1, 0.15) is 0 Å². The summed E-state index contributed by atoms with van der Waals surface area (Å²) in [7, 11) is 4.30. The van der Waals surface area contributed by atoms with Gasteiger partial charge in [-0.05, 0) is 31.6 Å². The van der Waals surface area contributed by atoms with E-state index in [-0.39, 0.29) is 5.91 Å². The Morgan fingerprint density at radius 1 is 0.923 bits per heavy atom. The first kappa shape index (κ1) is 23.2. The molecule has 3 heteroatoms. The first-order valence-electron chi connectivity index (χ1n) is 11.4. The molecule has 0 saturated heterocycles. The van der Waals surface area contributed by atoms with E-state index in [1.165, 1.54) is 81.9 Å². The van der Waals surface area contributed by atoms with Gasteiger partial charge in [0.05, 0.1) is 20.6 Å². The first-order chi connectivity index (χ1) is 12.7. The third kappa shape index (κ3) is 14.4. The molecule has 0 radical (unpaired) electrons. The number of hydrogen-bond donors (Lipinski definition) is 2. The van der Waals surface area contributed by atoms with Crippen molar-refractivity contribution in [1.82, 2.24) is 5.32 Å². The minimum absolute atomic E-state index is 0.242. The standard InChI is InChI=1S/C23H44N2O/c1-25(2)21-15-20-24-23(26)19-12-10-8-6-4-3-5-7-9-11-16-22-17-13-14-18-22/h13,17,22H,3-12,14-16,18-21H2,1-2H3,(H,24,26)/p+1. The van der Waals surface area contributed by atoms with Crippen LogP contribution in [0, 0.1) is 5.92 Å². The fourth-order valence-electron chi connectivity index (χ4n) is 3.80. The predicted molar refractivity (Wildman–Crippen MR) is 113 cm³/mol. The minimum atomic E-state index is 0.242. The Morgan fingerprint density at radius 3 is 2.12 bits per heavy atom. The van der Waals surface area contributed by atoms with Crippen molar-refractivity contribution >= 4 is 5.91 Å². The number of quaternary nitrogens is 1. The van der Waals surface area contributed by atoms with Crippen LogP contribution < -0.4 is 10.2 Å². The molecule has 0 saturated carbocycles. The molecule has 0 spiro atoms. The van der Waals surface area contributed by atoms with Crippen molar-refractivity contribution < 1.29 is 9.69 Å². The molecule has 1 unspecified atom stereocenters. The van der Waals surface area contributed by atoms with Crippen LogP contribution in [0.5, 0.6) is 0 Å². The van der Waals surface area contributed by atoms with Crippen LogP contribution in [0.1, 0.15) is 96.3 Å². The highest BCUT2D eigenvalue weighted by Crippen LogP contribution is 2.23. The lowest BCUT2D eigenvalue weighted by atomic mass is 9.99. The molecule has 0 aliphatic heterocycles. The van der Waals surface area contributed by atoms with Gasteiger partial charge in [0, 0.05) is 19.4 Å². The molecule has 1 amide bonds. The number of allylic oxidation sites excluding steroid dienone is 2. The third-order valence-corrected chi connectivity index (χ3v) is 5.52. The molecule has 0 aromatic rings. The zero-order chi connectivity index (χ0) is 18.9. The Labute approximate surface area is 163 Å². The number of nitrogens with one attached hydrogen (secondary N) is 2. The summed E-state index contributed by atoms with van der Waals surface area (Å²) in [5.74, 6) is 1.14. The van der Waals surface area contributed by atoms with Crippen molar-refractivity contribution in [2.45, 2.75) is 96.3 Å². The van der Waals surface area contributed by atoms with Crippen LogP contribution in [-0.2, 0) is 4.79 Å². The molecule has 1 atom stereocenters. The normalized spacial score (nSPS) is 16.5. The molecule has 0 fully saturated rings. The van der Waals surface area contributed by atoms with Crippen molar-refractivity contribution in [3.63, 3.8) is 0 Å². The summed E-state index contributed by atoms with van der Waals surface area (Å²) in [6.45, 7) is 1.96. The van der Waals surface area contributed by atoms with Gasteiger partial charge in [0.25, 0.3) is 0 Å². The molecule has 152 valence electrons. The smallest absolute Gasteiger partial charge is 0.219 e. The van der Waals surface area contributed by atoms with E-state index in [1.807, 2.05) is 0 Å². The molecule has 1 aliphatic rings. The summed E-state index contributed by atoms with van der Waals surface area (Å²) >= 11 is 0. The fourth-order valence-corrected chi connectivity index (χ4v) is 3.80. The van der Waals surface area contributed by atoms with E-state index in [4.69, 9.17) is 0 Å². The lowest BCUT2D eigenvalue weighted by Gasteiger charge is -2.08. The van der Waals surface area contributed by atoms with E-state index in [1.54, 1.807) is 0 Å². The molecule has 3 nitrogen and oxygen atoms in total. The second kappa shape index (κ2) is 16.4. The molecule has 0 heterocycles. The van der Waals surface area contributed by atoms with Crippen LogP contribution in [0.4, 0.5) is 0 Å². The topological polar surface area (TPSA) is 33.5 Å². The van der Waals surface area contributed by atoms with Gasteiger partial charge in [-0.25, -0.2) is 0 Å². The lowest BCUT2D eigenvalue weighted by Crippen LogP contribution is -3.05. The zero-order valence-corrected chi connectivity index (χ0v) is 17.7. The first-order valence-corrected chi connectivity index (χ1v) is 11.4. The van der Waals surface area contributed by atoms with Gasteiger partial charge in [0.15, 0.2) is 0 Å². The zero-order valence-electron chi connectivity index (χ0n) is 17.7. The van der Waals surface area contributed by atoms with Gasteiger partial charge in [-0.1, -0.05) is 69.9 Å². The molecule has 1 aliphatic carbocycles. The number of carbonyl (C=O) groups excluding carboxylic acids is 1. The van der Waals surface area contributed by atoms with E-state index in [0.29, 0.717) is 6.42 Å². The Kier molecular flexibility index (Phi) is 14.6. The van der Waals surface area contributed by atoms with Gasteiger partial charge in [-0.2, -0.15) is 0 Å². The second-order valence-electron chi connectivity index (χ2n) is 8.50. The number of amides is 1. The van der Waals surface area contributed by atoms with Gasteiger partial charge in [0.2, 0.25) is 5.91 Å². The molecular weight excluding hydrogens is 320 g/mol. The van der Waals surface area contributed by atoms with E-state index < -0.39 is 0 Å². The third-order valence-electron chi connectivity index (χ3n) is 5.52. The summed E-state index contributed by atoms with van der Waals surface area (Å²) in [6, 6.07) is 0. The van der Waals surface area contributed by atoms with E-state index >= 15 is 0 Å². The van der Waals surface area contributed by atoms with Crippen molar-refractivity contribution in [2.24, 2.45) is 5.92 Å². The molecular formula is C23H45N2O+. The molecule has 0 aromatic carbocycles. The van der Waals surface area contributed by atoms with Gasteiger partial charge >= 0.3 is 0 Å². The Morgan fingerprint density at radius 2 is 1.54 bits per heavy atom. The van der Waals surface area contributed by atoms with Crippen LogP contribution in [0.2, 0.25) is 0 Å². The van der Waals surface area contributed by atoms with Crippen LogP contribution in [0.15, 0.2) is 12.2 Å². The molecule has 2 N–H and O–H groups in total. The molecule has 0 aromatic heterocycles. The molecule has 0 bridgehead atoms. The largest absolute Gasteiger partial charge is 0.356 e. The monoisotopic (exact) mass is 365 g/mol. The van der Waals surface area contributed by atoms with Crippen molar-refractivity contribution in [3.05, 3.63) is 12.2 Å². The summed E-state index contributed by atoms with van der Waals surface area (Å²) in [5, 5.41) is 3.04. The lowest BCUT2D eigenvalue weighted by molar-refractivity contribution is -0.858. The highest BCUT2D eigenvalue weighted by Gasteiger charge is 2.07. The summed E-state index contributed by atoms with van der Waals surface area (Å²) in [6.07, 6.45) is 24.1. The van der Waals surface area contributed by atoms with Gasteiger partial charge in [-0.3, -0.25) is 4.79 Å². The summed E-state index contributed by atoms with van der Waals surface area (Å²) < 4.78 is 0. The maximum Gasteiger partial charge on any atom is 0.219 e. The Balaban J connectivity index is 1.72. The summed E-state index contributed by atoms with van der Waals surface area (Å²) in [5.41, 5.74) is 0.